The van der Waals surface area contributed by atoms with Crippen molar-refractivity contribution in [1.29, 1.82) is 0 Å². The zero-order valence-corrected chi connectivity index (χ0v) is 11.4. The molecule has 0 radical (unpaired) electrons. The summed E-state index contributed by atoms with van der Waals surface area (Å²) in [6, 6.07) is 1.53. The lowest BCUT2D eigenvalue weighted by Gasteiger charge is -2.30. The molecular formula is C13H18N2O3S. The molecule has 2 amide bonds. The Kier molecular flexibility index (Phi) is 4.55. The molecule has 5 nitrogen and oxygen atoms in total. The third-order valence-corrected chi connectivity index (χ3v) is 4.50. The lowest BCUT2D eigenvalue weighted by molar-refractivity contribution is 0.0876. The highest BCUT2D eigenvalue weighted by Crippen LogP contribution is 2.24. The Hall–Kier alpha value is -1.40. The van der Waals surface area contributed by atoms with Crippen LogP contribution in [0, 0.1) is 5.92 Å². The van der Waals surface area contributed by atoms with Gasteiger partial charge in [0.05, 0.1) is 10.4 Å². The Labute approximate surface area is 115 Å². The molecule has 0 aromatic carbocycles. The van der Waals surface area contributed by atoms with E-state index in [0.717, 1.165) is 25.7 Å². The number of rotatable bonds is 4. The lowest BCUT2D eigenvalue weighted by Crippen LogP contribution is -2.43. The summed E-state index contributed by atoms with van der Waals surface area (Å²) < 4.78 is 0. The first-order valence-corrected chi connectivity index (χ1v) is 7.30. The lowest BCUT2D eigenvalue weighted by atomic mass is 9.85. The fourth-order valence-corrected chi connectivity index (χ4v) is 3.24. The predicted octanol–water partition coefficient (Wildman–Crippen LogP) is 1.13. The molecule has 104 valence electrons. The van der Waals surface area contributed by atoms with Crippen LogP contribution >= 0.6 is 11.3 Å². The Bertz CT molecular complexity index is 472. The molecule has 6 heteroatoms. The van der Waals surface area contributed by atoms with Crippen molar-refractivity contribution in [3.05, 3.63) is 21.9 Å². The zero-order chi connectivity index (χ0) is 13.8. The van der Waals surface area contributed by atoms with Crippen molar-refractivity contribution in [1.82, 2.24) is 5.32 Å². The number of hydrogen-bond acceptors (Lipinski definition) is 4. The molecule has 4 N–H and O–H groups in total. The van der Waals surface area contributed by atoms with Crippen LogP contribution in [0.2, 0.25) is 0 Å². The first kappa shape index (κ1) is 14.0. The Morgan fingerprint density at radius 1 is 1.42 bits per heavy atom. The van der Waals surface area contributed by atoms with E-state index in [4.69, 9.17) is 5.73 Å². The third kappa shape index (κ3) is 3.33. The average molecular weight is 282 g/mol. The van der Waals surface area contributed by atoms with E-state index in [2.05, 4.69) is 5.32 Å². The molecule has 0 bridgehead atoms. The van der Waals surface area contributed by atoms with Crippen LogP contribution < -0.4 is 11.1 Å². The molecular weight excluding hydrogens is 264 g/mol. The second-order valence-corrected chi connectivity index (χ2v) is 5.78. The summed E-state index contributed by atoms with van der Waals surface area (Å²) in [5, 5.41) is 13.8. The summed E-state index contributed by atoms with van der Waals surface area (Å²) in [7, 11) is 0. The van der Waals surface area contributed by atoms with Crippen LogP contribution in [0.25, 0.3) is 0 Å². The van der Waals surface area contributed by atoms with E-state index in [1.54, 1.807) is 5.38 Å². The molecule has 2 unspecified atom stereocenters. The van der Waals surface area contributed by atoms with Crippen molar-refractivity contribution in [2.75, 3.05) is 6.61 Å². The van der Waals surface area contributed by atoms with Crippen molar-refractivity contribution < 1.29 is 14.7 Å². The number of aliphatic hydroxyl groups excluding tert-OH is 1. The Balaban J connectivity index is 2.01. The normalized spacial score (nSPS) is 23.0. The molecule has 1 aliphatic carbocycles. The second kappa shape index (κ2) is 6.16. The SMILES string of the molecule is NC(=O)c1csc(C(=O)NC2CCCCC2CO)c1. The highest BCUT2D eigenvalue weighted by Gasteiger charge is 2.26. The van der Waals surface area contributed by atoms with Gasteiger partial charge in [0.2, 0.25) is 5.91 Å². The minimum Gasteiger partial charge on any atom is -0.396 e. The fraction of sp³-hybridized carbons (Fsp3) is 0.538. The number of thiophene rings is 1. The zero-order valence-electron chi connectivity index (χ0n) is 10.6. The van der Waals surface area contributed by atoms with Crippen molar-refractivity contribution in [3.63, 3.8) is 0 Å². The molecule has 1 heterocycles. The van der Waals surface area contributed by atoms with Gasteiger partial charge in [0.1, 0.15) is 0 Å². The number of aliphatic hydroxyl groups is 1. The maximum absolute atomic E-state index is 12.1. The van der Waals surface area contributed by atoms with Gasteiger partial charge in [-0.25, -0.2) is 0 Å². The molecule has 1 aromatic rings. The number of nitrogens with two attached hydrogens (primary N) is 1. The van der Waals surface area contributed by atoms with Crippen LogP contribution in [-0.2, 0) is 0 Å². The van der Waals surface area contributed by atoms with E-state index in [1.165, 1.54) is 17.4 Å². The van der Waals surface area contributed by atoms with Crippen molar-refractivity contribution in [2.24, 2.45) is 11.7 Å². The fourth-order valence-electron chi connectivity index (χ4n) is 2.44. The van der Waals surface area contributed by atoms with E-state index in [-0.39, 0.29) is 24.5 Å². The van der Waals surface area contributed by atoms with E-state index in [0.29, 0.717) is 10.4 Å². The minimum atomic E-state index is -0.527. The van der Waals surface area contributed by atoms with Gasteiger partial charge in [-0.1, -0.05) is 12.8 Å². The molecule has 1 aromatic heterocycles. The van der Waals surface area contributed by atoms with Gasteiger partial charge >= 0.3 is 0 Å². The van der Waals surface area contributed by atoms with Gasteiger partial charge in [-0.15, -0.1) is 11.3 Å². The van der Waals surface area contributed by atoms with E-state index in [9.17, 15) is 14.7 Å². The number of primary amides is 1. The maximum Gasteiger partial charge on any atom is 0.261 e. The smallest absolute Gasteiger partial charge is 0.261 e. The molecule has 0 saturated heterocycles. The van der Waals surface area contributed by atoms with E-state index in [1.807, 2.05) is 0 Å². The number of carbonyl (C=O) groups is 2. The largest absolute Gasteiger partial charge is 0.396 e. The summed E-state index contributed by atoms with van der Waals surface area (Å²) in [6.07, 6.45) is 4.00. The van der Waals surface area contributed by atoms with Gasteiger partial charge < -0.3 is 16.2 Å². The Morgan fingerprint density at radius 3 is 2.79 bits per heavy atom. The van der Waals surface area contributed by atoms with Gasteiger partial charge in [0.25, 0.3) is 5.91 Å². The molecule has 2 rings (SSSR count). The van der Waals surface area contributed by atoms with Crippen LogP contribution in [0.4, 0.5) is 0 Å². The van der Waals surface area contributed by atoms with Crippen LogP contribution in [0.1, 0.15) is 45.7 Å². The molecule has 1 saturated carbocycles. The quantitative estimate of drug-likeness (QED) is 0.773. The molecule has 2 atom stereocenters. The van der Waals surface area contributed by atoms with Crippen molar-refractivity contribution >= 4 is 23.2 Å². The van der Waals surface area contributed by atoms with Crippen molar-refractivity contribution in [2.45, 2.75) is 31.7 Å². The monoisotopic (exact) mass is 282 g/mol. The van der Waals surface area contributed by atoms with Gasteiger partial charge in [-0.3, -0.25) is 9.59 Å². The molecule has 1 fully saturated rings. The van der Waals surface area contributed by atoms with Crippen LogP contribution in [0.5, 0.6) is 0 Å². The Morgan fingerprint density at radius 2 is 2.16 bits per heavy atom. The van der Waals surface area contributed by atoms with Crippen LogP contribution in [0.3, 0.4) is 0 Å². The van der Waals surface area contributed by atoms with Crippen LogP contribution in [0.15, 0.2) is 11.4 Å². The van der Waals surface area contributed by atoms with Crippen LogP contribution in [-0.4, -0.2) is 29.6 Å². The topological polar surface area (TPSA) is 92.4 Å². The van der Waals surface area contributed by atoms with Gasteiger partial charge in [0.15, 0.2) is 0 Å². The predicted molar refractivity (Wildman–Crippen MR) is 73.1 cm³/mol. The molecule has 0 spiro atoms. The van der Waals surface area contributed by atoms with Gasteiger partial charge in [-0.2, -0.15) is 0 Å². The number of amides is 2. The summed E-state index contributed by atoms with van der Waals surface area (Å²) in [6.45, 7) is 0.0991. The summed E-state index contributed by atoms with van der Waals surface area (Å²) >= 11 is 1.21. The molecule has 1 aliphatic rings. The number of hydrogen-bond donors (Lipinski definition) is 3. The first-order valence-electron chi connectivity index (χ1n) is 6.42. The maximum atomic E-state index is 12.1. The minimum absolute atomic E-state index is 0.0189. The summed E-state index contributed by atoms with van der Waals surface area (Å²) in [5.41, 5.74) is 5.52. The highest BCUT2D eigenvalue weighted by molar-refractivity contribution is 7.12. The average Bonchev–Trinajstić information content (AvgIpc) is 2.89. The van der Waals surface area contributed by atoms with Gasteiger partial charge in [0, 0.05) is 23.9 Å². The third-order valence-electron chi connectivity index (χ3n) is 3.57. The highest BCUT2D eigenvalue weighted by atomic mass is 32.1. The van der Waals surface area contributed by atoms with E-state index >= 15 is 0 Å². The summed E-state index contributed by atoms with van der Waals surface area (Å²) in [4.78, 5) is 23.5. The number of nitrogens with one attached hydrogen (secondary N) is 1. The van der Waals surface area contributed by atoms with E-state index < -0.39 is 5.91 Å². The van der Waals surface area contributed by atoms with Crippen molar-refractivity contribution in [3.8, 4) is 0 Å². The summed E-state index contributed by atoms with van der Waals surface area (Å²) in [5.74, 6) is -0.586. The molecule has 19 heavy (non-hydrogen) atoms. The second-order valence-electron chi connectivity index (χ2n) is 4.87. The number of carbonyl (C=O) groups excluding carboxylic acids is 2. The standard InChI is InChI=1S/C13H18N2O3S/c14-12(17)9-5-11(19-7-9)13(18)15-10-4-2-1-3-8(10)6-16/h5,7-8,10,16H,1-4,6H2,(H2,14,17)(H,15,18). The first-order chi connectivity index (χ1) is 9.11. The molecule has 0 aliphatic heterocycles. The van der Waals surface area contributed by atoms with Gasteiger partial charge in [-0.05, 0) is 18.9 Å².